The summed E-state index contributed by atoms with van der Waals surface area (Å²) in [5.41, 5.74) is 12.6. The van der Waals surface area contributed by atoms with Crippen LogP contribution in [0.25, 0.3) is 185 Å². The molecule has 0 spiro atoms. The van der Waals surface area contributed by atoms with Gasteiger partial charge in [-0.1, -0.05) is 279 Å². The van der Waals surface area contributed by atoms with E-state index >= 15 is 0 Å². The zero-order chi connectivity index (χ0) is 55.0. The lowest BCUT2D eigenvalue weighted by Gasteiger charge is -2.21. The molecule has 18 aromatic carbocycles. The maximum absolute atomic E-state index is 2.44. The van der Waals surface area contributed by atoms with Crippen molar-refractivity contribution in [3.8, 4) is 55.6 Å². The van der Waals surface area contributed by atoms with Crippen molar-refractivity contribution in [1.29, 1.82) is 0 Å². The van der Waals surface area contributed by atoms with Crippen molar-refractivity contribution < 1.29 is 0 Å². The highest BCUT2D eigenvalue weighted by Crippen LogP contribution is 2.52. The van der Waals surface area contributed by atoms with Crippen LogP contribution in [-0.2, 0) is 0 Å². The minimum atomic E-state index is 1.23. The lowest BCUT2D eigenvalue weighted by atomic mass is 9.81. The Kier molecular flexibility index (Phi) is 10.2. The summed E-state index contributed by atoms with van der Waals surface area (Å²) < 4.78 is 0. The fourth-order valence-electron chi connectivity index (χ4n) is 14.9. The molecule has 18 rings (SSSR count). The summed E-state index contributed by atoms with van der Waals surface area (Å²) in [6.45, 7) is 0. The van der Waals surface area contributed by atoms with Gasteiger partial charge in [-0.2, -0.15) is 0 Å². The zero-order valence-corrected chi connectivity index (χ0v) is 45.9. The minimum absolute atomic E-state index is 1.23. The Bertz CT molecular complexity index is 5380. The second-order valence-electron chi connectivity index (χ2n) is 22.9. The first kappa shape index (κ1) is 46.8. The molecular weight excluding hydrogens is 1010 g/mol. The van der Waals surface area contributed by atoms with Gasteiger partial charge >= 0.3 is 0 Å². The smallest absolute Gasteiger partial charge is 0.00139 e. The highest BCUT2D eigenvalue weighted by Gasteiger charge is 2.24. The summed E-state index contributed by atoms with van der Waals surface area (Å²) in [6.07, 6.45) is 0. The topological polar surface area (TPSA) is 0 Å². The van der Waals surface area contributed by atoms with Gasteiger partial charge in [-0.25, -0.2) is 0 Å². The Hall–Kier alpha value is -10.9. The van der Waals surface area contributed by atoms with E-state index in [1.165, 1.54) is 185 Å². The predicted molar refractivity (Wildman–Crippen MR) is 364 cm³/mol. The summed E-state index contributed by atoms with van der Waals surface area (Å²) in [5, 5.41) is 30.0. The molecule has 0 aromatic heterocycles. The summed E-state index contributed by atoms with van der Waals surface area (Å²) in [5.74, 6) is 0. The summed E-state index contributed by atoms with van der Waals surface area (Å²) in [4.78, 5) is 0. The monoisotopic (exact) mass is 1060 g/mol. The molecule has 0 aliphatic rings. The Morgan fingerprint density at radius 3 is 0.750 bits per heavy atom. The van der Waals surface area contributed by atoms with Crippen LogP contribution < -0.4 is 0 Å². The molecule has 0 radical (unpaired) electrons. The van der Waals surface area contributed by atoms with E-state index in [1.54, 1.807) is 0 Å². The standard InChI is InChI=1S/C84H50/c1-3-21-53-47-57(41-39-51(53)19-1)79-67-27-9-13-31-71(67)83(72-32-14-10-28-68(72)79)81-59-25-7-5-23-55(59)49-77-63-37-17-35-61(65(63)43-45-75(77)81)62-36-18-38-64-66(62)44-46-76-78(64)50-56-24-6-8-26-60(56)82(76)84-73-33-15-11-29-69(73)80(70-30-12-16-34-74(70)84)58-42-40-52-20-2-4-22-54(52)48-58/h1-50H. The summed E-state index contributed by atoms with van der Waals surface area (Å²) >= 11 is 0. The first-order valence-electron chi connectivity index (χ1n) is 29.3. The van der Waals surface area contributed by atoms with Crippen molar-refractivity contribution in [2.45, 2.75) is 0 Å². The highest BCUT2D eigenvalue weighted by atomic mass is 14.3. The maximum atomic E-state index is 2.44. The molecule has 0 fully saturated rings. The number of rotatable bonds is 5. The average molecular weight is 1060 g/mol. The van der Waals surface area contributed by atoms with E-state index in [0.717, 1.165) is 0 Å². The van der Waals surface area contributed by atoms with Crippen LogP contribution in [0.2, 0.25) is 0 Å². The van der Waals surface area contributed by atoms with Crippen LogP contribution in [0.4, 0.5) is 0 Å². The molecular formula is C84H50. The molecule has 0 bridgehead atoms. The number of benzene rings is 18. The van der Waals surface area contributed by atoms with Gasteiger partial charge in [0.15, 0.2) is 0 Å². The molecule has 18 aromatic rings. The average Bonchev–Trinajstić information content (AvgIpc) is 0.938. The van der Waals surface area contributed by atoms with Gasteiger partial charge in [-0.15, -0.1) is 0 Å². The first-order chi connectivity index (χ1) is 41.7. The molecule has 84 heavy (non-hydrogen) atoms. The van der Waals surface area contributed by atoms with E-state index in [1.807, 2.05) is 0 Å². The lowest BCUT2D eigenvalue weighted by Crippen LogP contribution is -1.94. The lowest BCUT2D eigenvalue weighted by molar-refractivity contribution is 1.69. The molecule has 0 nitrogen and oxygen atoms in total. The van der Waals surface area contributed by atoms with E-state index in [0.29, 0.717) is 0 Å². The third-order valence-electron chi connectivity index (χ3n) is 18.5. The number of hydrogen-bond donors (Lipinski definition) is 0. The molecule has 386 valence electrons. The van der Waals surface area contributed by atoms with Crippen molar-refractivity contribution in [2.75, 3.05) is 0 Å². The SMILES string of the molecule is c1ccc2cc(-c3c4ccccc4c(-c4c5ccccc5cc5c4ccc4c(-c6cccc7c6ccc6c(-c8c9ccccc9c(-c9ccc%10ccccc%10c9)c9ccccc89)c8ccccc8cc67)cccc45)c4ccccc34)ccc2c1. The van der Waals surface area contributed by atoms with Crippen molar-refractivity contribution in [3.63, 3.8) is 0 Å². The third-order valence-corrected chi connectivity index (χ3v) is 18.5. The fourth-order valence-corrected chi connectivity index (χ4v) is 14.9. The maximum Gasteiger partial charge on any atom is -0.00139 e. The second kappa shape index (κ2) is 18.3. The van der Waals surface area contributed by atoms with Crippen molar-refractivity contribution in [2.24, 2.45) is 0 Å². The van der Waals surface area contributed by atoms with Gasteiger partial charge in [-0.05, 0) is 209 Å². The van der Waals surface area contributed by atoms with Crippen LogP contribution in [0.15, 0.2) is 303 Å². The van der Waals surface area contributed by atoms with Gasteiger partial charge < -0.3 is 0 Å². The van der Waals surface area contributed by atoms with E-state index in [9.17, 15) is 0 Å². The van der Waals surface area contributed by atoms with Crippen molar-refractivity contribution in [1.82, 2.24) is 0 Å². The third kappa shape index (κ3) is 6.89. The molecule has 0 aliphatic heterocycles. The highest BCUT2D eigenvalue weighted by molar-refractivity contribution is 6.32. The Morgan fingerprint density at radius 1 is 0.119 bits per heavy atom. The molecule has 0 atom stereocenters. The predicted octanol–water partition coefficient (Wildman–Crippen LogP) is 23.9. The van der Waals surface area contributed by atoms with Crippen LogP contribution in [0.1, 0.15) is 0 Å². The molecule has 0 N–H and O–H groups in total. The van der Waals surface area contributed by atoms with E-state index in [-0.39, 0.29) is 0 Å². The van der Waals surface area contributed by atoms with Gasteiger partial charge in [0.05, 0.1) is 0 Å². The summed E-state index contributed by atoms with van der Waals surface area (Å²) in [6, 6.07) is 114. The first-order valence-corrected chi connectivity index (χ1v) is 29.3. The minimum Gasteiger partial charge on any atom is -0.0616 e. The Labute approximate surface area is 485 Å². The molecule has 0 heterocycles. The molecule has 0 unspecified atom stereocenters. The van der Waals surface area contributed by atoms with Gasteiger partial charge in [0, 0.05) is 0 Å². The fraction of sp³-hybridized carbons (Fsp3) is 0. The number of hydrogen-bond acceptors (Lipinski definition) is 0. The van der Waals surface area contributed by atoms with Gasteiger partial charge in [-0.3, -0.25) is 0 Å². The molecule has 0 saturated heterocycles. The largest absolute Gasteiger partial charge is 0.0616 e. The normalized spacial score (nSPS) is 12.0. The number of fused-ring (bicyclic) bond motifs is 14. The van der Waals surface area contributed by atoms with E-state index in [4.69, 9.17) is 0 Å². The van der Waals surface area contributed by atoms with Gasteiger partial charge in [0.25, 0.3) is 0 Å². The Morgan fingerprint density at radius 2 is 0.381 bits per heavy atom. The molecule has 0 aliphatic carbocycles. The summed E-state index contributed by atoms with van der Waals surface area (Å²) in [7, 11) is 0. The second-order valence-corrected chi connectivity index (χ2v) is 22.9. The van der Waals surface area contributed by atoms with Crippen LogP contribution in [-0.4, -0.2) is 0 Å². The van der Waals surface area contributed by atoms with Gasteiger partial charge in [0.2, 0.25) is 0 Å². The van der Waals surface area contributed by atoms with Crippen LogP contribution >= 0.6 is 0 Å². The molecule has 0 heteroatoms. The Balaban J connectivity index is 0.860. The van der Waals surface area contributed by atoms with Crippen LogP contribution in [0, 0.1) is 0 Å². The van der Waals surface area contributed by atoms with Crippen LogP contribution in [0.5, 0.6) is 0 Å². The quantitative estimate of drug-likeness (QED) is 0.119. The zero-order valence-electron chi connectivity index (χ0n) is 45.9. The van der Waals surface area contributed by atoms with E-state index in [2.05, 4.69) is 303 Å². The van der Waals surface area contributed by atoms with Crippen molar-refractivity contribution in [3.05, 3.63) is 303 Å². The van der Waals surface area contributed by atoms with E-state index < -0.39 is 0 Å². The molecule has 0 amide bonds. The van der Waals surface area contributed by atoms with Crippen LogP contribution in [0.3, 0.4) is 0 Å². The van der Waals surface area contributed by atoms with Gasteiger partial charge in [0.1, 0.15) is 0 Å². The van der Waals surface area contributed by atoms with Crippen molar-refractivity contribution >= 4 is 129 Å². The molecule has 0 saturated carbocycles.